The number of thioether (sulfide) groups is 1. The molecule has 0 heterocycles. The van der Waals surface area contributed by atoms with Gasteiger partial charge in [0.2, 0.25) is 0 Å². The minimum Gasteiger partial charge on any atom is -0.299 e. The molecule has 0 amide bonds. The Hall–Kier alpha value is 0.660. The fraction of sp³-hybridized carbons (Fsp3) is 1.00. The third kappa shape index (κ3) is 5.12. The molecule has 0 spiro atoms. The highest BCUT2D eigenvalue weighted by Gasteiger charge is 2.15. The highest BCUT2D eigenvalue weighted by molar-refractivity contribution is 8.01. The second-order valence-electron chi connectivity index (χ2n) is 2.09. The van der Waals surface area contributed by atoms with Crippen LogP contribution in [0.2, 0.25) is 0 Å². The van der Waals surface area contributed by atoms with E-state index in [1.165, 1.54) is 12.0 Å². The highest BCUT2D eigenvalue weighted by atomic mass is 32.2. The largest absolute Gasteiger partial charge is 0.299 e. The van der Waals surface area contributed by atoms with E-state index in [4.69, 9.17) is 4.18 Å². The van der Waals surface area contributed by atoms with E-state index in [1.807, 2.05) is 0 Å². The predicted octanol–water partition coefficient (Wildman–Crippen LogP) is 2.77. The molecule has 3 heteroatoms. The smallest absolute Gasteiger partial charge is 0.122 e. The zero-order valence-corrected chi connectivity index (χ0v) is 8.06. The lowest BCUT2D eigenvalue weighted by Gasteiger charge is -2.20. The molecule has 0 unspecified atom stereocenters. The van der Waals surface area contributed by atoms with Gasteiger partial charge in [-0.3, -0.25) is 4.18 Å². The van der Waals surface area contributed by atoms with Crippen LogP contribution in [0.5, 0.6) is 0 Å². The Morgan fingerprint density at radius 1 is 1.44 bits per heavy atom. The van der Waals surface area contributed by atoms with E-state index in [0.717, 1.165) is 5.75 Å². The van der Waals surface area contributed by atoms with E-state index in [-0.39, 0.29) is 4.93 Å². The fourth-order valence-corrected chi connectivity index (χ4v) is 1.05. The number of hydrogen-bond acceptors (Lipinski definition) is 3. The molecule has 0 saturated heterocycles. The molecule has 0 aliphatic rings. The van der Waals surface area contributed by atoms with Gasteiger partial charge in [-0.05, 0) is 32.1 Å². The van der Waals surface area contributed by atoms with Gasteiger partial charge in [0.1, 0.15) is 4.93 Å². The Bertz CT molecular complexity index is 73.5. The van der Waals surface area contributed by atoms with Gasteiger partial charge in [0.05, 0.1) is 0 Å². The summed E-state index contributed by atoms with van der Waals surface area (Å²) >= 11 is 3.24. The Labute approximate surface area is 66.1 Å². The van der Waals surface area contributed by atoms with Crippen LogP contribution < -0.4 is 0 Å². The molecule has 0 N–H and O–H groups in total. The molecule has 0 aromatic heterocycles. The molecule has 1 nitrogen and oxygen atoms in total. The third-order valence-electron chi connectivity index (χ3n) is 0.869. The van der Waals surface area contributed by atoms with Crippen molar-refractivity contribution in [3.8, 4) is 0 Å². The van der Waals surface area contributed by atoms with Crippen LogP contribution in [0, 0.1) is 0 Å². The van der Waals surface area contributed by atoms with Crippen LogP contribution in [-0.4, -0.2) is 16.9 Å². The zero-order valence-electron chi connectivity index (χ0n) is 6.43. The zero-order chi connectivity index (χ0) is 7.33. The molecule has 0 radical (unpaired) electrons. The van der Waals surface area contributed by atoms with Crippen molar-refractivity contribution in [2.45, 2.75) is 25.7 Å². The van der Waals surface area contributed by atoms with Gasteiger partial charge in [0.15, 0.2) is 0 Å². The van der Waals surface area contributed by atoms with Gasteiger partial charge in [-0.15, -0.1) is 11.8 Å². The first-order valence-electron chi connectivity index (χ1n) is 2.98. The summed E-state index contributed by atoms with van der Waals surface area (Å²) < 4.78 is 5.41. The average molecular weight is 166 g/mol. The predicted molar refractivity (Wildman–Crippen MR) is 46.8 cm³/mol. The minimum atomic E-state index is -0.0271. The third-order valence-corrected chi connectivity index (χ3v) is 2.81. The second kappa shape index (κ2) is 4.47. The van der Waals surface area contributed by atoms with Crippen LogP contribution in [0.1, 0.15) is 20.8 Å². The molecular weight excluding hydrogens is 152 g/mol. The van der Waals surface area contributed by atoms with E-state index in [9.17, 15) is 0 Å². The van der Waals surface area contributed by atoms with Crippen molar-refractivity contribution in [1.82, 2.24) is 0 Å². The molecule has 0 aromatic rings. The molecular formula is C6H14OS2. The molecule has 0 bridgehead atoms. The Kier molecular flexibility index (Phi) is 4.80. The highest BCUT2D eigenvalue weighted by Crippen LogP contribution is 2.27. The monoisotopic (exact) mass is 166 g/mol. The lowest BCUT2D eigenvalue weighted by atomic mass is 10.5. The number of hydrogen-bond donors (Lipinski definition) is 0. The summed E-state index contributed by atoms with van der Waals surface area (Å²) in [5.41, 5.74) is 0. The maximum atomic E-state index is 5.41. The second-order valence-corrected chi connectivity index (χ2v) is 4.46. The summed E-state index contributed by atoms with van der Waals surface area (Å²) in [6.45, 7) is 6.22. The van der Waals surface area contributed by atoms with Crippen molar-refractivity contribution in [3.63, 3.8) is 0 Å². The van der Waals surface area contributed by atoms with Crippen LogP contribution in [-0.2, 0) is 4.18 Å². The SMILES string of the molecule is CCSOC(C)(C)SC. The summed E-state index contributed by atoms with van der Waals surface area (Å²) in [7, 11) is 0. The normalized spacial score (nSPS) is 12.0. The molecule has 0 atom stereocenters. The summed E-state index contributed by atoms with van der Waals surface area (Å²) in [6.07, 6.45) is 2.05. The molecule has 0 rings (SSSR count). The Balaban J connectivity index is 3.33. The van der Waals surface area contributed by atoms with Gasteiger partial charge in [-0.1, -0.05) is 6.92 Å². The van der Waals surface area contributed by atoms with Gasteiger partial charge < -0.3 is 0 Å². The first-order valence-corrected chi connectivity index (χ1v) is 5.11. The van der Waals surface area contributed by atoms with Crippen molar-refractivity contribution in [2.24, 2.45) is 0 Å². The summed E-state index contributed by atoms with van der Waals surface area (Å²) in [5.74, 6) is 1.02. The first kappa shape index (κ1) is 9.66. The quantitative estimate of drug-likeness (QED) is 0.469. The number of rotatable bonds is 4. The molecule has 0 saturated carbocycles. The summed E-state index contributed by atoms with van der Waals surface area (Å²) in [5, 5.41) is 0. The van der Waals surface area contributed by atoms with Crippen molar-refractivity contribution >= 4 is 23.8 Å². The van der Waals surface area contributed by atoms with Crippen LogP contribution in [0.3, 0.4) is 0 Å². The van der Waals surface area contributed by atoms with Gasteiger partial charge in [0.25, 0.3) is 0 Å². The summed E-state index contributed by atoms with van der Waals surface area (Å²) in [6, 6.07) is 0. The van der Waals surface area contributed by atoms with Crippen molar-refractivity contribution in [1.29, 1.82) is 0 Å². The Morgan fingerprint density at radius 3 is 2.33 bits per heavy atom. The molecule has 0 aliphatic heterocycles. The van der Waals surface area contributed by atoms with Crippen LogP contribution in [0.15, 0.2) is 0 Å². The lowest BCUT2D eigenvalue weighted by Crippen LogP contribution is -2.14. The van der Waals surface area contributed by atoms with Gasteiger partial charge in [0, 0.05) is 5.75 Å². The van der Waals surface area contributed by atoms with Crippen molar-refractivity contribution in [3.05, 3.63) is 0 Å². The average Bonchev–Trinajstić information content (AvgIpc) is 1.84. The maximum absolute atomic E-state index is 5.41. The van der Waals surface area contributed by atoms with Gasteiger partial charge in [-0.2, -0.15) is 0 Å². The van der Waals surface area contributed by atoms with Gasteiger partial charge in [-0.25, -0.2) is 0 Å². The fourth-order valence-electron chi connectivity index (χ4n) is 0.235. The first-order chi connectivity index (χ1) is 4.12. The molecule has 0 fully saturated rings. The lowest BCUT2D eigenvalue weighted by molar-refractivity contribution is 0.251. The van der Waals surface area contributed by atoms with E-state index in [1.54, 1.807) is 11.8 Å². The van der Waals surface area contributed by atoms with E-state index in [2.05, 4.69) is 27.0 Å². The van der Waals surface area contributed by atoms with Gasteiger partial charge >= 0.3 is 0 Å². The molecule has 56 valence electrons. The van der Waals surface area contributed by atoms with Crippen LogP contribution in [0.4, 0.5) is 0 Å². The standard InChI is InChI=1S/C6H14OS2/c1-5-9-7-6(2,3)8-4/h5H2,1-4H3. The Morgan fingerprint density at radius 2 is 2.00 bits per heavy atom. The molecule has 9 heavy (non-hydrogen) atoms. The maximum Gasteiger partial charge on any atom is 0.122 e. The van der Waals surface area contributed by atoms with Crippen molar-refractivity contribution < 1.29 is 4.18 Å². The van der Waals surface area contributed by atoms with Crippen LogP contribution in [0.25, 0.3) is 0 Å². The van der Waals surface area contributed by atoms with E-state index in [0.29, 0.717) is 0 Å². The molecule has 0 aliphatic carbocycles. The molecule has 0 aromatic carbocycles. The van der Waals surface area contributed by atoms with E-state index < -0.39 is 0 Å². The summed E-state index contributed by atoms with van der Waals surface area (Å²) in [4.78, 5) is -0.0271. The topological polar surface area (TPSA) is 9.23 Å². The van der Waals surface area contributed by atoms with E-state index >= 15 is 0 Å². The minimum absolute atomic E-state index is 0.0271. The van der Waals surface area contributed by atoms with Crippen LogP contribution >= 0.6 is 23.8 Å². The van der Waals surface area contributed by atoms with Crippen molar-refractivity contribution in [2.75, 3.05) is 12.0 Å².